The van der Waals surface area contributed by atoms with Crippen LogP contribution in [0.1, 0.15) is 12.5 Å². The second-order valence-corrected chi connectivity index (χ2v) is 9.70. The number of nitriles is 1. The van der Waals surface area contributed by atoms with Gasteiger partial charge in [-0.15, -0.1) is 0 Å². The van der Waals surface area contributed by atoms with Gasteiger partial charge in [-0.25, -0.2) is 13.4 Å². The zero-order valence-corrected chi connectivity index (χ0v) is 19.2. The Morgan fingerprint density at radius 1 is 1.21 bits per heavy atom. The number of fused-ring (bicyclic) bond motifs is 1. The zero-order valence-electron chi connectivity index (χ0n) is 18.4. The summed E-state index contributed by atoms with van der Waals surface area (Å²) in [5, 5.41) is 10.6. The number of rotatable bonds is 6. The molecule has 0 saturated heterocycles. The third-order valence-electron chi connectivity index (χ3n) is 5.48. The van der Waals surface area contributed by atoms with E-state index in [0.717, 1.165) is 18.3 Å². The molecule has 1 aliphatic carbocycles. The second kappa shape index (κ2) is 8.30. The van der Waals surface area contributed by atoms with Crippen LogP contribution in [0.15, 0.2) is 59.7 Å². The molecule has 1 aromatic carbocycles. The van der Waals surface area contributed by atoms with Crippen molar-refractivity contribution in [2.45, 2.75) is 24.0 Å². The Kier molecular flexibility index (Phi) is 5.75. The first kappa shape index (κ1) is 23.5. The van der Waals surface area contributed by atoms with Gasteiger partial charge in [0.1, 0.15) is 17.8 Å². The second-order valence-electron chi connectivity index (χ2n) is 7.99. The molecule has 1 atom stereocenters. The fourth-order valence-corrected chi connectivity index (χ4v) is 4.76. The summed E-state index contributed by atoms with van der Waals surface area (Å²) in [6, 6.07) is 7.21. The highest BCUT2D eigenvalue weighted by atomic mass is 32.2. The maximum absolute atomic E-state index is 12.8. The van der Waals surface area contributed by atoms with E-state index in [9.17, 15) is 26.9 Å². The van der Waals surface area contributed by atoms with Gasteiger partial charge in [-0.2, -0.15) is 23.2 Å². The molecule has 1 unspecified atom stereocenters. The summed E-state index contributed by atoms with van der Waals surface area (Å²) in [6.07, 6.45) is 2.53. The topological polar surface area (TPSA) is 91.0 Å². The Bertz CT molecular complexity index is 1480. The molecule has 0 amide bonds. The van der Waals surface area contributed by atoms with Crippen molar-refractivity contribution in [1.29, 1.82) is 5.26 Å². The van der Waals surface area contributed by atoms with E-state index in [2.05, 4.69) is 11.1 Å². The third kappa shape index (κ3) is 4.06. The number of allylic oxidation sites excluding steroid dienone is 4. The number of sulfonamides is 1. The van der Waals surface area contributed by atoms with Crippen molar-refractivity contribution in [3.63, 3.8) is 0 Å². The van der Waals surface area contributed by atoms with Gasteiger partial charge in [0.05, 0.1) is 28.0 Å². The van der Waals surface area contributed by atoms with E-state index in [0.29, 0.717) is 27.9 Å². The SMILES string of the molecule is CC(NS(=O)(=O)c1ccc(-c2c(C#N)c3cc(N(C)C)cnc3n2C2=CC=C2)cc1)C(F)(F)F. The lowest BCUT2D eigenvalue weighted by molar-refractivity contribution is -0.147. The Morgan fingerprint density at radius 3 is 2.35 bits per heavy atom. The molecule has 0 bridgehead atoms. The first-order valence-corrected chi connectivity index (χ1v) is 11.6. The lowest BCUT2D eigenvalue weighted by atomic mass is 10.1. The fraction of sp³-hybridized carbons (Fsp3) is 0.217. The molecule has 4 rings (SSSR count). The van der Waals surface area contributed by atoms with Crippen molar-refractivity contribution in [3.8, 4) is 17.3 Å². The van der Waals surface area contributed by atoms with Gasteiger partial charge in [-0.05, 0) is 37.3 Å². The van der Waals surface area contributed by atoms with E-state index in [4.69, 9.17) is 0 Å². The van der Waals surface area contributed by atoms with Crippen LogP contribution in [0, 0.1) is 11.3 Å². The molecule has 0 saturated carbocycles. The Morgan fingerprint density at radius 2 is 1.85 bits per heavy atom. The lowest BCUT2D eigenvalue weighted by Gasteiger charge is -2.18. The molecule has 0 radical (unpaired) electrons. The number of hydrogen-bond acceptors (Lipinski definition) is 5. The van der Waals surface area contributed by atoms with Crippen molar-refractivity contribution < 1.29 is 21.6 Å². The molecule has 1 N–H and O–H groups in total. The number of anilines is 1. The van der Waals surface area contributed by atoms with Gasteiger partial charge in [-0.3, -0.25) is 4.57 Å². The van der Waals surface area contributed by atoms with Crippen LogP contribution in [0.5, 0.6) is 0 Å². The number of pyridine rings is 1. The summed E-state index contributed by atoms with van der Waals surface area (Å²) in [5.74, 6) is 0. The Labute approximate surface area is 194 Å². The van der Waals surface area contributed by atoms with E-state index in [1.807, 2.05) is 43.3 Å². The van der Waals surface area contributed by atoms with Crippen LogP contribution in [0.2, 0.25) is 0 Å². The quantitative estimate of drug-likeness (QED) is 0.561. The van der Waals surface area contributed by atoms with E-state index < -0.39 is 22.2 Å². The number of nitrogens with one attached hydrogen (secondary N) is 1. The van der Waals surface area contributed by atoms with Crippen LogP contribution in [-0.2, 0) is 10.0 Å². The molecule has 0 aliphatic heterocycles. The number of aromatic nitrogens is 2. The molecule has 7 nitrogen and oxygen atoms in total. The molecule has 1 aliphatic rings. The van der Waals surface area contributed by atoms with Gasteiger partial charge in [0, 0.05) is 30.7 Å². The highest BCUT2D eigenvalue weighted by Gasteiger charge is 2.38. The van der Waals surface area contributed by atoms with Crippen LogP contribution >= 0.6 is 0 Å². The average Bonchev–Trinajstić information content (AvgIpc) is 3.05. The fourth-order valence-electron chi connectivity index (χ4n) is 3.53. The zero-order chi connectivity index (χ0) is 24.8. The normalized spacial score (nSPS) is 14.4. The average molecular weight is 488 g/mol. The van der Waals surface area contributed by atoms with Crippen molar-refractivity contribution in [2.75, 3.05) is 19.0 Å². The van der Waals surface area contributed by atoms with Crippen LogP contribution in [0.4, 0.5) is 18.9 Å². The minimum Gasteiger partial charge on any atom is -0.376 e. The van der Waals surface area contributed by atoms with Crippen LogP contribution in [-0.4, -0.2) is 44.3 Å². The predicted octanol–water partition coefficient (Wildman–Crippen LogP) is 4.28. The molecule has 2 heterocycles. The molecular weight excluding hydrogens is 467 g/mol. The summed E-state index contributed by atoms with van der Waals surface area (Å²) in [7, 11) is -0.683. The summed E-state index contributed by atoms with van der Waals surface area (Å²) in [4.78, 5) is 6.10. The van der Waals surface area contributed by atoms with E-state index >= 15 is 0 Å². The van der Waals surface area contributed by atoms with Crippen molar-refractivity contribution in [2.24, 2.45) is 0 Å². The van der Waals surface area contributed by atoms with Gasteiger partial charge >= 0.3 is 6.18 Å². The summed E-state index contributed by atoms with van der Waals surface area (Å²) in [5.41, 5.74) is 3.54. The van der Waals surface area contributed by atoms with Crippen LogP contribution in [0.25, 0.3) is 28.0 Å². The number of halogens is 3. The van der Waals surface area contributed by atoms with Crippen LogP contribution in [0.3, 0.4) is 0 Å². The van der Waals surface area contributed by atoms with Gasteiger partial charge in [-0.1, -0.05) is 18.2 Å². The van der Waals surface area contributed by atoms with E-state index in [1.165, 1.54) is 24.3 Å². The summed E-state index contributed by atoms with van der Waals surface area (Å²) >= 11 is 0. The van der Waals surface area contributed by atoms with Crippen molar-refractivity contribution >= 4 is 32.4 Å². The molecule has 34 heavy (non-hydrogen) atoms. The maximum atomic E-state index is 12.8. The third-order valence-corrected chi connectivity index (χ3v) is 7.03. The van der Waals surface area contributed by atoms with Crippen molar-refractivity contribution in [3.05, 3.63) is 60.3 Å². The number of alkyl halides is 3. The molecular formula is C23H20F3N5O2S. The molecule has 11 heteroatoms. The maximum Gasteiger partial charge on any atom is 0.404 e. The smallest absolute Gasteiger partial charge is 0.376 e. The van der Waals surface area contributed by atoms with Crippen LogP contribution < -0.4 is 9.62 Å². The molecule has 3 aromatic rings. The first-order valence-electron chi connectivity index (χ1n) is 10.1. The summed E-state index contributed by atoms with van der Waals surface area (Å²) < 4.78 is 66.8. The number of nitrogens with zero attached hydrogens (tertiary/aromatic N) is 4. The lowest BCUT2D eigenvalue weighted by Crippen LogP contribution is -2.42. The molecule has 0 spiro atoms. The molecule has 0 fully saturated rings. The standard InChI is InChI=1S/C23H20F3N5O2S/c1-14(23(24,25)26)29-34(32,33)18-9-7-15(8-10-18)21-20(12-27)19-11-17(30(2)3)13-28-22(19)31(21)16-5-4-6-16/h4-11,13-14,29H,1-3H3. The summed E-state index contributed by atoms with van der Waals surface area (Å²) in [6.45, 7) is 0.735. The monoisotopic (exact) mass is 487 g/mol. The Hall–Kier alpha value is -3.62. The number of hydrogen-bond donors (Lipinski definition) is 1. The molecule has 2 aromatic heterocycles. The number of benzene rings is 1. The Balaban J connectivity index is 1.83. The largest absolute Gasteiger partial charge is 0.404 e. The van der Waals surface area contributed by atoms with Gasteiger partial charge in [0.15, 0.2) is 0 Å². The van der Waals surface area contributed by atoms with Gasteiger partial charge < -0.3 is 4.90 Å². The highest BCUT2D eigenvalue weighted by Crippen LogP contribution is 2.38. The van der Waals surface area contributed by atoms with Crippen molar-refractivity contribution in [1.82, 2.24) is 14.3 Å². The van der Waals surface area contributed by atoms with Gasteiger partial charge in [0.25, 0.3) is 0 Å². The highest BCUT2D eigenvalue weighted by molar-refractivity contribution is 7.89. The predicted molar refractivity (Wildman–Crippen MR) is 123 cm³/mol. The first-order chi connectivity index (χ1) is 15.9. The molecule has 176 valence electrons. The van der Waals surface area contributed by atoms with Gasteiger partial charge in [0.2, 0.25) is 10.0 Å². The minimum absolute atomic E-state index is 0.315. The van der Waals surface area contributed by atoms with E-state index in [-0.39, 0.29) is 4.90 Å². The van der Waals surface area contributed by atoms with E-state index in [1.54, 1.807) is 15.5 Å². The minimum atomic E-state index is -4.71.